The van der Waals surface area contributed by atoms with Gasteiger partial charge in [0.2, 0.25) is 0 Å². The molecule has 0 aliphatic carbocycles. The molecule has 100 valence electrons. The topological polar surface area (TPSA) is 30.5 Å². The summed E-state index contributed by atoms with van der Waals surface area (Å²) < 4.78 is 36.8. The predicted octanol–water partition coefficient (Wildman–Crippen LogP) is 2.60. The molecule has 1 aliphatic rings. The summed E-state index contributed by atoms with van der Waals surface area (Å²) in [6.45, 7) is 3.77. The van der Waals surface area contributed by atoms with Crippen LogP contribution in [-0.2, 0) is 4.74 Å². The molecule has 1 atom stereocenters. The number of methoxy groups -OCH3 is 1. The van der Waals surface area contributed by atoms with Crippen LogP contribution in [0.5, 0.6) is 5.75 Å². The normalized spacial score (nSPS) is 20.2. The van der Waals surface area contributed by atoms with Crippen LogP contribution in [-0.4, -0.2) is 26.8 Å². The molecule has 1 aliphatic heterocycles. The number of hydrogen-bond acceptors (Lipinski definition) is 3. The smallest absolute Gasteiger partial charge is 0.267 e. The van der Waals surface area contributed by atoms with Crippen LogP contribution >= 0.6 is 0 Å². The minimum absolute atomic E-state index is 0.0679. The summed E-state index contributed by atoms with van der Waals surface area (Å²) in [5.74, 6) is 0.240. The van der Waals surface area contributed by atoms with E-state index in [2.05, 4.69) is 5.32 Å². The van der Waals surface area contributed by atoms with Gasteiger partial charge >= 0.3 is 0 Å². The second kappa shape index (κ2) is 5.63. The van der Waals surface area contributed by atoms with Gasteiger partial charge in [0.1, 0.15) is 5.75 Å². The van der Waals surface area contributed by atoms with Crippen molar-refractivity contribution in [3.63, 3.8) is 0 Å². The zero-order valence-corrected chi connectivity index (χ0v) is 10.5. The van der Waals surface area contributed by atoms with E-state index in [1.807, 2.05) is 6.07 Å². The molecule has 1 fully saturated rings. The fourth-order valence-electron chi connectivity index (χ4n) is 2.23. The molecule has 1 aromatic carbocycles. The van der Waals surface area contributed by atoms with Gasteiger partial charge in [0.25, 0.3) is 6.43 Å². The summed E-state index contributed by atoms with van der Waals surface area (Å²) in [5.41, 5.74) is 1.41. The molecule has 0 amide bonds. The Labute approximate surface area is 105 Å². The Morgan fingerprint density at radius 2 is 2.22 bits per heavy atom. The minimum Gasteiger partial charge on any atom is -0.496 e. The van der Waals surface area contributed by atoms with Crippen molar-refractivity contribution in [3.8, 4) is 5.75 Å². The monoisotopic (exact) mass is 257 g/mol. The predicted molar refractivity (Wildman–Crippen MR) is 64.3 cm³/mol. The second-order valence-electron chi connectivity index (χ2n) is 4.34. The lowest BCUT2D eigenvalue weighted by Gasteiger charge is -2.26. The van der Waals surface area contributed by atoms with E-state index in [4.69, 9.17) is 9.47 Å². The average molecular weight is 257 g/mol. The van der Waals surface area contributed by atoms with Crippen molar-refractivity contribution < 1.29 is 18.3 Å². The molecule has 0 bridgehead atoms. The number of hydrogen-bond donors (Lipinski definition) is 1. The highest BCUT2D eigenvalue weighted by atomic mass is 19.3. The standard InChI is InChI=1S/C13H17F2NO2/c1-8-5-9(11-7-16-3-4-18-11)12(17-2)10(6-8)13(14)15/h5-6,11,13,16H,3-4,7H2,1-2H3. The van der Waals surface area contributed by atoms with Crippen LogP contribution in [0.15, 0.2) is 12.1 Å². The zero-order valence-electron chi connectivity index (χ0n) is 10.5. The maximum Gasteiger partial charge on any atom is 0.267 e. The van der Waals surface area contributed by atoms with Crippen LogP contribution in [0.1, 0.15) is 29.2 Å². The summed E-state index contributed by atoms with van der Waals surface area (Å²) in [7, 11) is 1.41. The van der Waals surface area contributed by atoms with Gasteiger partial charge < -0.3 is 14.8 Å². The molecule has 0 radical (unpaired) electrons. The number of rotatable bonds is 3. The van der Waals surface area contributed by atoms with Gasteiger partial charge in [-0.3, -0.25) is 0 Å². The molecule has 18 heavy (non-hydrogen) atoms. The zero-order chi connectivity index (χ0) is 13.1. The first kappa shape index (κ1) is 13.2. The first-order valence-corrected chi connectivity index (χ1v) is 5.92. The molecular formula is C13H17F2NO2. The highest BCUT2D eigenvalue weighted by molar-refractivity contribution is 5.46. The summed E-state index contributed by atoms with van der Waals surface area (Å²) in [6.07, 6.45) is -2.78. The SMILES string of the molecule is COc1c(C(F)F)cc(C)cc1C1CNCCO1. The Balaban J connectivity index is 2.43. The molecule has 5 heteroatoms. The maximum absolute atomic E-state index is 13.0. The summed E-state index contributed by atoms with van der Waals surface area (Å²) in [5, 5.41) is 3.18. The lowest BCUT2D eigenvalue weighted by atomic mass is 10.00. The fraction of sp³-hybridized carbons (Fsp3) is 0.538. The number of aryl methyl sites for hydroxylation is 1. The Hall–Kier alpha value is -1.20. The van der Waals surface area contributed by atoms with Crippen molar-refractivity contribution in [1.29, 1.82) is 0 Å². The van der Waals surface area contributed by atoms with E-state index in [1.54, 1.807) is 6.92 Å². The minimum atomic E-state index is -2.55. The van der Waals surface area contributed by atoms with E-state index >= 15 is 0 Å². The number of alkyl halides is 2. The van der Waals surface area contributed by atoms with Crippen molar-refractivity contribution in [2.75, 3.05) is 26.8 Å². The largest absolute Gasteiger partial charge is 0.496 e. The summed E-state index contributed by atoms with van der Waals surface area (Å²) >= 11 is 0. The quantitative estimate of drug-likeness (QED) is 0.902. The van der Waals surface area contributed by atoms with Gasteiger partial charge in [-0.05, 0) is 19.1 Å². The van der Waals surface area contributed by atoms with Crippen molar-refractivity contribution in [1.82, 2.24) is 5.32 Å². The van der Waals surface area contributed by atoms with Crippen LogP contribution in [0, 0.1) is 6.92 Å². The van der Waals surface area contributed by atoms with Crippen molar-refractivity contribution in [3.05, 3.63) is 28.8 Å². The fourth-order valence-corrected chi connectivity index (χ4v) is 2.23. The van der Waals surface area contributed by atoms with E-state index in [1.165, 1.54) is 13.2 Å². The van der Waals surface area contributed by atoms with E-state index < -0.39 is 6.43 Å². The Morgan fingerprint density at radius 3 is 2.78 bits per heavy atom. The van der Waals surface area contributed by atoms with Crippen LogP contribution < -0.4 is 10.1 Å². The number of ether oxygens (including phenoxy) is 2. The third-order valence-corrected chi connectivity index (χ3v) is 3.00. The van der Waals surface area contributed by atoms with Crippen LogP contribution in [0.4, 0.5) is 8.78 Å². The van der Waals surface area contributed by atoms with E-state index in [0.717, 1.165) is 12.1 Å². The van der Waals surface area contributed by atoms with Gasteiger partial charge in [0.15, 0.2) is 0 Å². The highest BCUT2D eigenvalue weighted by Crippen LogP contribution is 2.37. The van der Waals surface area contributed by atoms with Gasteiger partial charge in [0.05, 0.1) is 25.4 Å². The van der Waals surface area contributed by atoms with E-state index in [0.29, 0.717) is 18.7 Å². The molecule has 1 N–H and O–H groups in total. The Morgan fingerprint density at radius 1 is 1.44 bits per heavy atom. The lowest BCUT2D eigenvalue weighted by molar-refractivity contribution is 0.0258. The molecule has 1 heterocycles. The van der Waals surface area contributed by atoms with E-state index in [-0.39, 0.29) is 17.4 Å². The van der Waals surface area contributed by atoms with Gasteiger partial charge in [-0.25, -0.2) is 8.78 Å². The van der Waals surface area contributed by atoms with Crippen LogP contribution in [0.3, 0.4) is 0 Å². The number of halogens is 2. The van der Waals surface area contributed by atoms with Gasteiger partial charge in [-0.2, -0.15) is 0 Å². The third kappa shape index (κ3) is 2.62. The van der Waals surface area contributed by atoms with Crippen molar-refractivity contribution in [2.24, 2.45) is 0 Å². The lowest BCUT2D eigenvalue weighted by Crippen LogP contribution is -2.33. The molecule has 0 saturated carbocycles. The molecule has 2 rings (SSSR count). The van der Waals surface area contributed by atoms with Gasteiger partial charge in [-0.15, -0.1) is 0 Å². The van der Waals surface area contributed by atoms with E-state index in [9.17, 15) is 8.78 Å². The summed E-state index contributed by atoms with van der Waals surface area (Å²) in [6, 6.07) is 3.31. The molecule has 3 nitrogen and oxygen atoms in total. The van der Waals surface area contributed by atoms with Crippen LogP contribution in [0.2, 0.25) is 0 Å². The molecule has 1 saturated heterocycles. The molecule has 0 spiro atoms. The second-order valence-corrected chi connectivity index (χ2v) is 4.34. The highest BCUT2D eigenvalue weighted by Gasteiger charge is 2.25. The number of morpholine rings is 1. The number of benzene rings is 1. The van der Waals surface area contributed by atoms with Gasteiger partial charge in [-0.1, -0.05) is 5.56 Å². The molecule has 0 aromatic heterocycles. The van der Waals surface area contributed by atoms with Crippen molar-refractivity contribution in [2.45, 2.75) is 19.5 Å². The first-order valence-electron chi connectivity index (χ1n) is 5.92. The summed E-state index contributed by atoms with van der Waals surface area (Å²) in [4.78, 5) is 0. The third-order valence-electron chi connectivity index (χ3n) is 3.00. The molecule has 1 aromatic rings. The first-order chi connectivity index (χ1) is 8.63. The molecule has 1 unspecified atom stereocenters. The Bertz CT molecular complexity index is 418. The van der Waals surface area contributed by atoms with Gasteiger partial charge in [0, 0.05) is 18.7 Å². The maximum atomic E-state index is 13.0. The Kier molecular flexibility index (Phi) is 4.14. The molecular weight excluding hydrogens is 240 g/mol. The average Bonchev–Trinajstić information content (AvgIpc) is 2.38. The van der Waals surface area contributed by atoms with Crippen LogP contribution in [0.25, 0.3) is 0 Å². The van der Waals surface area contributed by atoms with Crippen molar-refractivity contribution >= 4 is 0 Å². The number of nitrogens with one attached hydrogen (secondary N) is 1.